The summed E-state index contributed by atoms with van der Waals surface area (Å²) in [6, 6.07) is 2.51. The lowest BCUT2D eigenvalue weighted by atomic mass is 9.86. The molecule has 1 fully saturated rings. The molecule has 1 saturated carbocycles. The monoisotopic (exact) mass is 265 g/mol. The van der Waals surface area contributed by atoms with E-state index in [1.54, 1.807) is 24.2 Å². The Morgan fingerprint density at radius 1 is 1.72 bits per heavy atom. The number of aromatic nitrogens is 1. The first-order valence-electron chi connectivity index (χ1n) is 6.49. The minimum absolute atomic E-state index is 0.300. The Morgan fingerprint density at radius 2 is 2.61 bits per heavy atom. The second-order valence-corrected chi connectivity index (χ2v) is 5.68. The molecule has 2 atom stereocenters. The molecule has 0 aliphatic heterocycles. The molecule has 18 heavy (non-hydrogen) atoms. The van der Waals surface area contributed by atoms with E-state index in [4.69, 9.17) is 4.42 Å². The van der Waals surface area contributed by atoms with Crippen LogP contribution in [0.3, 0.4) is 0 Å². The highest BCUT2D eigenvalue weighted by Crippen LogP contribution is 2.38. The molecule has 1 aliphatic carbocycles. The second-order valence-electron chi connectivity index (χ2n) is 4.64. The van der Waals surface area contributed by atoms with Gasteiger partial charge in [-0.2, -0.15) is 5.26 Å². The van der Waals surface area contributed by atoms with Crippen molar-refractivity contribution in [2.45, 2.75) is 43.4 Å². The number of nitrogens with zero attached hydrogens (tertiary/aromatic N) is 2. The predicted molar refractivity (Wildman–Crippen MR) is 71.2 cm³/mol. The van der Waals surface area contributed by atoms with Gasteiger partial charge in [-0.25, -0.2) is 4.98 Å². The largest absolute Gasteiger partial charge is 0.440 e. The Morgan fingerprint density at radius 3 is 3.28 bits per heavy atom. The van der Waals surface area contributed by atoms with Crippen molar-refractivity contribution in [1.29, 1.82) is 5.26 Å². The van der Waals surface area contributed by atoms with E-state index >= 15 is 0 Å². The van der Waals surface area contributed by atoms with E-state index in [2.05, 4.69) is 23.3 Å². The van der Waals surface area contributed by atoms with Crippen molar-refractivity contribution >= 4 is 11.8 Å². The summed E-state index contributed by atoms with van der Waals surface area (Å²) in [7, 11) is 0. The molecule has 1 heterocycles. The molecule has 98 valence electrons. The molecule has 1 aromatic rings. The SMILES string of the molecule is CCNC1(C#N)CCCC1CCSc1ncco1. The van der Waals surface area contributed by atoms with Crippen molar-refractivity contribution in [2.75, 3.05) is 12.3 Å². The zero-order valence-electron chi connectivity index (χ0n) is 10.7. The minimum atomic E-state index is -0.300. The number of hydrogen-bond acceptors (Lipinski definition) is 5. The van der Waals surface area contributed by atoms with Crippen LogP contribution in [0.1, 0.15) is 32.6 Å². The normalized spacial score (nSPS) is 27.2. The Labute approximate surface area is 112 Å². The first kappa shape index (κ1) is 13.4. The van der Waals surface area contributed by atoms with E-state index in [9.17, 15) is 5.26 Å². The highest BCUT2D eigenvalue weighted by Gasteiger charge is 2.42. The summed E-state index contributed by atoms with van der Waals surface area (Å²) in [5.74, 6) is 1.41. The lowest BCUT2D eigenvalue weighted by molar-refractivity contribution is 0.316. The van der Waals surface area contributed by atoms with Crippen molar-refractivity contribution in [3.63, 3.8) is 0 Å². The number of rotatable bonds is 6. The Balaban J connectivity index is 1.86. The lowest BCUT2D eigenvalue weighted by Crippen LogP contribution is -2.47. The summed E-state index contributed by atoms with van der Waals surface area (Å²) in [6.45, 7) is 2.92. The van der Waals surface area contributed by atoms with E-state index in [0.717, 1.165) is 43.2 Å². The van der Waals surface area contributed by atoms with Gasteiger partial charge in [0.25, 0.3) is 5.22 Å². The molecule has 1 aromatic heterocycles. The number of thioether (sulfide) groups is 1. The number of nitriles is 1. The van der Waals surface area contributed by atoms with Crippen LogP contribution in [0, 0.1) is 17.2 Å². The van der Waals surface area contributed by atoms with E-state index in [1.807, 2.05) is 0 Å². The van der Waals surface area contributed by atoms with Gasteiger partial charge in [0.1, 0.15) is 11.8 Å². The average Bonchev–Trinajstić information content (AvgIpc) is 3.01. The van der Waals surface area contributed by atoms with Crippen LogP contribution in [0.15, 0.2) is 22.1 Å². The van der Waals surface area contributed by atoms with Crippen molar-refractivity contribution < 1.29 is 4.42 Å². The molecule has 0 aromatic carbocycles. The zero-order chi connectivity index (χ0) is 12.8. The summed E-state index contributed by atoms with van der Waals surface area (Å²) in [5.41, 5.74) is -0.300. The number of hydrogen-bond donors (Lipinski definition) is 1. The maximum absolute atomic E-state index is 9.45. The van der Waals surface area contributed by atoms with Crippen molar-refractivity contribution in [3.8, 4) is 6.07 Å². The molecule has 5 heteroatoms. The van der Waals surface area contributed by atoms with Gasteiger partial charge in [-0.1, -0.05) is 25.1 Å². The maximum atomic E-state index is 9.45. The van der Waals surface area contributed by atoms with E-state index < -0.39 is 0 Å². The van der Waals surface area contributed by atoms with Gasteiger partial charge in [0.05, 0.1) is 12.3 Å². The summed E-state index contributed by atoms with van der Waals surface area (Å²) in [6.07, 6.45) is 7.56. The van der Waals surface area contributed by atoms with Crippen LogP contribution < -0.4 is 5.32 Å². The fourth-order valence-corrected chi connectivity index (χ4v) is 3.61. The molecule has 1 aliphatic rings. The summed E-state index contributed by atoms with van der Waals surface area (Å²) in [5, 5.41) is 13.6. The van der Waals surface area contributed by atoms with Gasteiger partial charge in [-0.05, 0) is 31.7 Å². The van der Waals surface area contributed by atoms with Gasteiger partial charge in [-0.3, -0.25) is 5.32 Å². The third kappa shape index (κ3) is 2.88. The van der Waals surface area contributed by atoms with Crippen molar-refractivity contribution in [1.82, 2.24) is 10.3 Å². The molecule has 0 saturated heterocycles. The van der Waals surface area contributed by atoms with Crippen LogP contribution in [0.2, 0.25) is 0 Å². The predicted octanol–water partition coefficient (Wildman–Crippen LogP) is 2.83. The summed E-state index contributed by atoms with van der Waals surface area (Å²) in [4.78, 5) is 4.09. The fraction of sp³-hybridized carbons (Fsp3) is 0.692. The molecule has 0 amide bonds. The highest BCUT2D eigenvalue weighted by molar-refractivity contribution is 7.99. The quantitative estimate of drug-likeness (QED) is 0.801. The van der Waals surface area contributed by atoms with Gasteiger partial charge >= 0.3 is 0 Å². The van der Waals surface area contributed by atoms with E-state index in [-0.39, 0.29) is 5.54 Å². The van der Waals surface area contributed by atoms with Gasteiger partial charge in [0.2, 0.25) is 0 Å². The zero-order valence-corrected chi connectivity index (χ0v) is 11.5. The fourth-order valence-electron chi connectivity index (χ4n) is 2.77. The molecule has 2 rings (SSSR count). The number of oxazole rings is 1. The molecular formula is C13H19N3OS. The minimum Gasteiger partial charge on any atom is -0.440 e. The van der Waals surface area contributed by atoms with Gasteiger partial charge in [0, 0.05) is 5.75 Å². The van der Waals surface area contributed by atoms with Crippen molar-refractivity contribution in [2.24, 2.45) is 5.92 Å². The van der Waals surface area contributed by atoms with Crippen LogP contribution in [-0.4, -0.2) is 22.8 Å². The van der Waals surface area contributed by atoms with Gasteiger partial charge in [-0.15, -0.1) is 0 Å². The van der Waals surface area contributed by atoms with Crippen LogP contribution >= 0.6 is 11.8 Å². The molecule has 0 radical (unpaired) electrons. The topological polar surface area (TPSA) is 61.9 Å². The first-order valence-corrected chi connectivity index (χ1v) is 7.48. The molecular weight excluding hydrogens is 246 g/mol. The van der Waals surface area contributed by atoms with E-state index in [0.29, 0.717) is 5.92 Å². The second kappa shape index (κ2) is 6.26. The average molecular weight is 265 g/mol. The maximum Gasteiger partial charge on any atom is 0.255 e. The molecule has 2 unspecified atom stereocenters. The molecule has 0 bridgehead atoms. The van der Waals surface area contributed by atoms with Gasteiger partial charge in [0.15, 0.2) is 0 Å². The smallest absolute Gasteiger partial charge is 0.255 e. The van der Waals surface area contributed by atoms with Gasteiger partial charge < -0.3 is 4.42 Å². The Bertz CT molecular complexity index is 401. The summed E-state index contributed by atoms with van der Waals surface area (Å²) >= 11 is 1.63. The first-order chi connectivity index (χ1) is 8.80. The summed E-state index contributed by atoms with van der Waals surface area (Å²) < 4.78 is 5.20. The van der Waals surface area contributed by atoms with Crippen LogP contribution in [0.5, 0.6) is 0 Å². The van der Waals surface area contributed by atoms with Crippen LogP contribution in [-0.2, 0) is 0 Å². The third-order valence-electron chi connectivity index (χ3n) is 3.61. The molecule has 1 N–H and O–H groups in total. The van der Waals surface area contributed by atoms with Crippen LogP contribution in [0.25, 0.3) is 0 Å². The molecule has 0 spiro atoms. The third-order valence-corrected chi connectivity index (χ3v) is 4.50. The van der Waals surface area contributed by atoms with Crippen molar-refractivity contribution in [3.05, 3.63) is 12.5 Å². The Hall–Kier alpha value is -0.990. The highest BCUT2D eigenvalue weighted by atomic mass is 32.2. The van der Waals surface area contributed by atoms with E-state index in [1.165, 1.54) is 0 Å². The number of nitrogens with one attached hydrogen (secondary N) is 1. The van der Waals surface area contributed by atoms with Crippen LogP contribution in [0.4, 0.5) is 0 Å². The Kier molecular flexibility index (Phi) is 4.67. The lowest BCUT2D eigenvalue weighted by Gasteiger charge is -2.29. The standard InChI is InChI=1S/C13H19N3OS/c1-2-16-13(10-14)6-3-4-11(13)5-9-18-12-15-7-8-17-12/h7-8,11,16H,2-6,9H2,1H3. The molecule has 4 nitrogen and oxygen atoms in total.